The van der Waals surface area contributed by atoms with E-state index in [4.69, 9.17) is 13.8 Å². The summed E-state index contributed by atoms with van der Waals surface area (Å²) in [6.07, 6.45) is -1.26. The maximum atomic E-state index is 13.0. The number of hydrogen-bond acceptors (Lipinski definition) is 8. The zero-order valence-electron chi connectivity index (χ0n) is 18.3. The first-order valence-electron chi connectivity index (χ1n) is 10.0. The van der Waals surface area contributed by atoms with E-state index >= 15 is 0 Å². The van der Waals surface area contributed by atoms with Crippen molar-refractivity contribution in [1.29, 1.82) is 0 Å². The molecule has 0 aromatic heterocycles. The second-order valence-electron chi connectivity index (χ2n) is 8.15. The molecule has 1 aromatic rings. The smallest absolute Gasteiger partial charge is 0.332 e. The van der Waals surface area contributed by atoms with E-state index in [1.807, 2.05) is 30.3 Å². The quantitative estimate of drug-likeness (QED) is 0.446. The fourth-order valence-electron chi connectivity index (χ4n) is 2.97. The SMILES string of the molecule is COC(=O)[C@H](C)C[P@@]1(=O)OCC(C)(C)[C@H](C(=O)NCCC(=O)OCc2ccccc2)O1. The Morgan fingerprint density at radius 2 is 1.94 bits per heavy atom. The monoisotopic (exact) mass is 455 g/mol. The summed E-state index contributed by atoms with van der Waals surface area (Å²) in [5.74, 6) is -2.20. The maximum Gasteiger partial charge on any atom is 0.332 e. The van der Waals surface area contributed by atoms with E-state index in [0.29, 0.717) is 0 Å². The van der Waals surface area contributed by atoms with Crippen LogP contribution < -0.4 is 5.32 Å². The van der Waals surface area contributed by atoms with E-state index in [0.717, 1.165) is 5.56 Å². The number of carbonyl (C=O) groups is 3. The van der Waals surface area contributed by atoms with Crippen LogP contribution in [0.15, 0.2) is 30.3 Å². The number of methoxy groups -OCH3 is 1. The van der Waals surface area contributed by atoms with Gasteiger partial charge >= 0.3 is 19.5 Å². The summed E-state index contributed by atoms with van der Waals surface area (Å²) >= 11 is 0. The minimum absolute atomic E-state index is 0.0146. The zero-order valence-corrected chi connectivity index (χ0v) is 19.2. The van der Waals surface area contributed by atoms with Gasteiger partial charge in [-0.25, -0.2) is 0 Å². The molecule has 2 rings (SSSR count). The molecule has 9 nitrogen and oxygen atoms in total. The Bertz CT molecular complexity index is 826. The molecular weight excluding hydrogens is 425 g/mol. The topological polar surface area (TPSA) is 117 Å². The molecule has 0 spiro atoms. The van der Waals surface area contributed by atoms with E-state index in [9.17, 15) is 18.9 Å². The van der Waals surface area contributed by atoms with Crippen LogP contribution in [0, 0.1) is 11.3 Å². The van der Waals surface area contributed by atoms with Crippen LogP contribution in [-0.2, 0) is 44.1 Å². The molecule has 10 heteroatoms. The van der Waals surface area contributed by atoms with E-state index in [1.54, 1.807) is 20.8 Å². The summed E-state index contributed by atoms with van der Waals surface area (Å²) in [5.41, 5.74) is 0.120. The van der Waals surface area contributed by atoms with Gasteiger partial charge in [0.25, 0.3) is 0 Å². The third-order valence-electron chi connectivity index (χ3n) is 4.82. The van der Waals surface area contributed by atoms with Gasteiger partial charge in [0.2, 0.25) is 5.91 Å². The fraction of sp³-hybridized carbons (Fsp3) is 0.571. The minimum Gasteiger partial charge on any atom is -0.469 e. The molecule has 1 aliphatic heterocycles. The lowest BCUT2D eigenvalue weighted by Crippen LogP contribution is -2.50. The number of benzene rings is 1. The highest BCUT2D eigenvalue weighted by atomic mass is 31.2. The molecule has 3 atom stereocenters. The molecular formula is C21H30NO8P. The summed E-state index contributed by atoms with van der Waals surface area (Å²) < 4.78 is 33.8. The van der Waals surface area contributed by atoms with E-state index in [1.165, 1.54) is 7.11 Å². The molecule has 31 heavy (non-hydrogen) atoms. The molecule has 1 aromatic carbocycles. The van der Waals surface area contributed by atoms with Crippen molar-refractivity contribution >= 4 is 25.4 Å². The van der Waals surface area contributed by atoms with Gasteiger partial charge in [0.15, 0.2) is 6.10 Å². The summed E-state index contributed by atoms with van der Waals surface area (Å²) in [4.78, 5) is 36.2. The van der Waals surface area contributed by atoms with Crippen LogP contribution in [0.1, 0.15) is 32.8 Å². The highest BCUT2D eigenvalue weighted by Crippen LogP contribution is 2.57. The largest absolute Gasteiger partial charge is 0.469 e. The first-order valence-corrected chi connectivity index (χ1v) is 11.8. The predicted octanol–water partition coefficient (Wildman–Crippen LogP) is 2.68. The van der Waals surface area contributed by atoms with E-state index < -0.39 is 42.9 Å². The van der Waals surface area contributed by atoms with Gasteiger partial charge in [-0.2, -0.15) is 0 Å². The van der Waals surface area contributed by atoms with Crippen molar-refractivity contribution < 1.29 is 37.5 Å². The average Bonchev–Trinajstić information content (AvgIpc) is 2.74. The molecule has 1 fully saturated rings. The van der Waals surface area contributed by atoms with E-state index in [2.05, 4.69) is 10.1 Å². The molecule has 0 bridgehead atoms. The first kappa shape index (κ1) is 25.0. The van der Waals surface area contributed by atoms with Crippen molar-refractivity contribution in [3.8, 4) is 0 Å². The highest BCUT2D eigenvalue weighted by molar-refractivity contribution is 7.54. The number of nitrogens with one attached hydrogen (secondary N) is 1. The molecule has 1 saturated heterocycles. The van der Waals surface area contributed by atoms with Crippen molar-refractivity contribution in [3.63, 3.8) is 0 Å². The third-order valence-corrected chi connectivity index (χ3v) is 6.87. The van der Waals surface area contributed by atoms with Gasteiger partial charge < -0.3 is 19.3 Å². The molecule has 1 aliphatic rings. The Balaban J connectivity index is 1.86. The van der Waals surface area contributed by atoms with Crippen LogP contribution in [0.5, 0.6) is 0 Å². The molecule has 1 amide bonds. The van der Waals surface area contributed by atoms with Crippen LogP contribution in [0.2, 0.25) is 0 Å². The molecule has 0 aliphatic carbocycles. The minimum atomic E-state index is -3.68. The van der Waals surface area contributed by atoms with Crippen LogP contribution in [-0.4, -0.2) is 50.4 Å². The number of carbonyl (C=O) groups excluding carboxylic acids is 3. The number of rotatable bonds is 9. The first-order chi connectivity index (χ1) is 14.6. The van der Waals surface area contributed by atoms with Crippen molar-refractivity contribution in [1.82, 2.24) is 5.32 Å². The van der Waals surface area contributed by atoms with Crippen molar-refractivity contribution in [2.45, 2.75) is 39.9 Å². The van der Waals surface area contributed by atoms with Crippen LogP contribution in [0.25, 0.3) is 0 Å². The second kappa shape index (κ2) is 10.9. The lowest BCUT2D eigenvalue weighted by atomic mass is 9.87. The lowest BCUT2D eigenvalue weighted by Gasteiger charge is -2.40. The summed E-state index contributed by atoms with van der Waals surface area (Å²) in [5, 5.41) is 2.63. The van der Waals surface area contributed by atoms with Gasteiger partial charge in [-0.15, -0.1) is 0 Å². The van der Waals surface area contributed by atoms with Gasteiger partial charge in [0.05, 0.1) is 32.2 Å². The van der Waals surface area contributed by atoms with Gasteiger partial charge in [-0.3, -0.25) is 23.5 Å². The summed E-state index contributed by atoms with van der Waals surface area (Å²) in [6.45, 7) is 5.28. The molecule has 1 heterocycles. The molecule has 0 radical (unpaired) electrons. The highest BCUT2D eigenvalue weighted by Gasteiger charge is 2.48. The Kier molecular flexibility index (Phi) is 8.79. The standard InChI is InChI=1S/C21H30NO8P/c1-15(20(25)27-4)13-31(26)29-14-21(2,3)18(30-31)19(24)22-11-10-17(23)28-12-16-8-6-5-7-9-16/h5-9,15,18H,10-14H2,1-4H3,(H,22,24)/t15-,18+,31-/m1/s1. The van der Waals surface area contributed by atoms with Crippen LogP contribution >= 0.6 is 7.60 Å². The fourth-order valence-corrected chi connectivity index (χ4v) is 5.28. The normalized spacial score (nSPS) is 23.4. The Hall–Kier alpha value is -2.22. The molecule has 0 unspecified atom stereocenters. The Morgan fingerprint density at radius 3 is 2.58 bits per heavy atom. The lowest BCUT2D eigenvalue weighted by molar-refractivity contribution is -0.145. The summed E-state index contributed by atoms with van der Waals surface area (Å²) in [6, 6.07) is 9.26. The van der Waals surface area contributed by atoms with Gasteiger partial charge in [-0.1, -0.05) is 51.1 Å². The van der Waals surface area contributed by atoms with Crippen molar-refractivity contribution in [2.24, 2.45) is 11.3 Å². The maximum absolute atomic E-state index is 13.0. The van der Waals surface area contributed by atoms with E-state index in [-0.39, 0.29) is 32.3 Å². The zero-order chi connectivity index (χ0) is 23.1. The number of hydrogen-bond donors (Lipinski definition) is 1. The van der Waals surface area contributed by atoms with Crippen LogP contribution in [0.3, 0.4) is 0 Å². The van der Waals surface area contributed by atoms with Crippen LogP contribution in [0.4, 0.5) is 0 Å². The molecule has 1 N–H and O–H groups in total. The molecule has 0 saturated carbocycles. The Labute approximate surface area is 182 Å². The van der Waals surface area contributed by atoms with Gasteiger partial charge in [-0.05, 0) is 5.56 Å². The Morgan fingerprint density at radius 1 is 1.26 bits per heavy atom. The third kappa shape index (κ3) is 7.45. The summed E-state index contributed by atoms with van der Waals surface area (Å²) in [7, 11) is -2.44. The number of amides is 1. The number of ether oxygens (including phenoxy) is 2. The average molecular weight is 455 g/mol. The predicted molar refractivity (Wildman–Crippen MR) is 112 cm³/mol. The molecule has 172 valence electrons. The van der Waals surface area contributed by atoms with Crippen molar-refractivity contribution in [3.05, 3.63) is 35.9 Å². The second-order valence-corrected chi connectivity index (χ2v) is 10.2. The van der Waals surface area contributed by atoms with Gasteiger partial charge in [0.1, 0.15) is 6.61 Å². The number of esters is 2. The van der Waals surface area contributed by atoms with Crippen molar-refractivity contribution in [2.75, 3.05) is 26.4 Å². The van der Waals surface area contributed by atoms with Gasteiger partial charge in [0, 0.05) is 12.0 Å².